The Bertz CT molecular complexity index is 801. The van der Waals surface area contributed by atoms with Gasteiger partial charge < -0.3 is 24.3 Å². The molecule has 0 spiro atoms. The van der Waals surface area contributed by atoms with Crippen LogP contribution in [-0.4, -0.2) is 43.1 Å². The van der Waals surface area contributed by atoms with Crippen molar-refractivity contribution in [1.29, 1.82) is 5.26 Å². The summed E-state index contributed by atoms with van der Waals surface area (Å²) in [4.78, 5) is 10.5. The molecule has 0 saturated heterocycles. The molecule has 35 heavy (non-hydrogen) atoms. The van der Waals surface area contributed by atoms with Gasteiger partial charge >= 0.3 is 0 Å². The summed E-state index contributed by atoms with van der Waals surface area (Å²) in [6.07, 6.45) is 2.94. The summed E-state index contributed by atoms with van der Waals surface area (Å²) in [5.41, 5.74) is 7.81. The van der Waals surface area contributed by atoms with E-state index in [1.165, 1.54) is 0 Å². The topological polar surface area (TPSA) is 101 Å². The second-order valence-corrected chi connectivity index (χ2v) is 16.7. The number of benzene rings is 1. The Morgan fingerprint density at radius 2 is 1.74 bits per heavy atom. The van der Waals surface area contributed by atoms with Crippen LogP contribution in [-0.2, 0) is 9.05 Å². The lowest BCUT2D eigenvalue weighted by molar-refractivity contribution is 0.142. The molecule has 200 valence electrons. The van der Waals surface area contributed by atoms with Crippen LogP contribution in [0.1, 0.15) is 85.8 Å². The summed E-state index contributed by atoms with van der Waals surface area (Å²) < 4.78 is 20.7. The molecule has 2 unspecified atom stereocenters. The van der Waals surface area contributed by atoms with Crippen LogP contribution < -0.4 is 10.5 Å². The summed E-state index contributed by atoms with van der Waals surface area (Å²) >= 11 is 0. The third kappa shape index (κ3) is 10.4. The molecule has 2 atom stereocenters. The van der Waals surface area contributed by atoms with E-state index in [1.807, 2.05) is 38.2 Å². The van der Waals surface area contributed by atoms with Crippen molar-refractivity contribution in [3.63, 3.8) is 0 Å². The number of nitriles is 1. The number of nitrogen functional groups attached to an aromatic ring is 1. The zero-order valence-corrected chi connectivity index (χ0v) is 25.2. The van der Waals surface area contributed by atoms with E-state index in [2.05, 4.69) is 52.3 Å². The Hall–Kier alpha value is -1.20. The van der Waals surface area contributed by atoms with Crippen LogP contribution in [0.25, 0.3) is 0 Å². The highest BCUT2D eigenvalue weighted by Crippen LogP contribution is 2.50. The number of nitrogens with two attached hydrogens (primary N) is 1. The Morgan fingerprint density at radius 1 is 1.11 bits per heavy atom. The fourth-order valence-corrected chi connectivity index (χ4v) is 6.12. The molecule has 7 nitrogen and oxygen atoms in total. The number of nitrogens with zero attached hydrogens (tertiary/aromatic N) is 2. The van der Waals surface area contributed by atoms with Crippen LogP contribution >= 0.6 is 8.53 Å². The van der Waals surface area contributed by atoms with Crippen LogP contribution in [0.2, 0.25) is 18.1 Å². The number of ether oxygens (including phenoxy) is 1. The van der Waals surface area contributed by atoms with E-state index in [9.17, 15) is 4.80 Å². The van der Waals surface area contributed by atoms with E-state index in [0.717, 1.165) is 30.6 Å². The highest BCUT2D eigenvalue weighted by molar-refractivity contribution is 7.44. The Morgan fingerprint density at radius 3 is 2.29 bits per heavy atom. The fourth-order valence-electron chi connectivity index (χ4n) is 3.65. The molecule has 0 aliphatic rings. The SMILES string of the molecule is CC(OP(OCCC#N)N(C(C)C)C(C)C)c1cc(OCCCCC(C)(C)[Si](C)(C)O)ccc1N. The molecule has 1 rings (SSSR count). The summed E-state index contributed by atoms with van der Waals surface area (Å²) in [7, 11) is -3.55. The first-order chi connectivity index (χ1) is 16.2. The predicted octanol–water partition coefficient (Wildman–Crippen LogP) is 7.15. The van der Waals surface area contributed by atoms with Crippen molar-refractivity contribution >= 4 is 22.5 Å². The molecule has 3 N–H and O–H groups in total. The highest BCUT2D eigenvalue weighted by Gasteiger charge is 2.37. The van der Waals surface area contributed by atoms with E-state index in [1.54, 1.807) is 0 Å². The monoisotopic (exact) mass is 525 g/mol. The third-order valence-corrected chi connectivity index (χ3v) is 12.3. The average Bonchev–Trinajstić information content (AvgIpc) is 2.73. The van der Waals surface area contributed by atoms with Crippen LogP contribution in [0.5, 0.6) is 5.75 Å². The quantitative estimate of drug-likeness (QED) is 0.102. The molecule has 0 aromatic heterocycles. The molecule has 9 heteroatoms. The molecule has 0 radical (unpaired) electrons. The van der Waals surface area contributed by atoms with Crippen molar-refractivity contribution < 1.29 is 18.6 Å². The fraction of sp³-hybridized carbons (Fsp3) is 0.731. The molecular formula is C26H48N3O4PSi. The van der Waals surface area contributed by atoms with Gasteiger partial charge in [0.05, 0.1) is 31.8 Å². The van der Waals surface area contributed by atoms with Gasteiger partial charge in [-0.1, -0.05) is 13.8 Å². The van der Waals surface area contributed by atoms with Gasteiger partial charge in [-0.25, -0.2) is 4.67 Å². The van der Waals surface area contributed by atoms with Crippen molar-refractivity contribution in [2.24, 2.45) is 0 Å². The molecule has 0 heterocycles. The van der Waals surface area contributed by atoms with Gasteiger partial charge in [-0.3, -0.25) is 0 Å². The Kier molecular flexibility index (Phi) is 13.2. The summed E-state index contributed by atoms with van der Waals surface area (Å²) in [6.45, 7) is 19.7. The van der Waals surface area contributed by atoms with E-state index in [-0.39, 0.29) is 23.2 Å². The van der Waals surface area contributed by atoms with Crippen molar-refractivity contribution in [2.45, 2.75) is 110 Å². The van der Waals surface area contributed by atoms with E-state index in [0.29, 0.717) is 25.3 Å². The first kappa shape index (κ1) is 31.8. The number of unbranched alkanes of at least 4 members (excludes halogenated alkanes) is 1. The van der Waals surface area contributed by atoms with E-state index < -0.39 is 16.8 Å². The molecule has 0 aliphatic carbocycles. The minimum Gasteiger partial charge on any atom is -0.494 e. The Balaban J connectivity index is 2.82. The maximum absolute atomic E-state index is 10.5. The normalized spacial score (nSPS) is 14.4. The first-order valence-electron chi connectivity index (χ1n) is 12.7. The van der Waals surface area contributed by atoms with Gasteiger partial charge in [0.25, 0.3) is 8.53 Å². The largest absolute Gasteiger partial charge is 0.494 e. The van der Waals surface area contributed by atoms with Crippen molar-refractivity contribution in [1.82, 2.24) is 4.67 Å². The smallest absolute Gasteiger partial charge is 0.259 e. The van der Waals surface area contributed by atoms with Gasteiger partial charge in [-0.05, 0) is 90.2 Å². The van der Waals surface area contributed by atoms with E-state index >= 15 is 0 Å². The molecule has 0 aliphatic heterocycles. The van der Waals surface area contributed by atoms with Crippen molar-refractivity contribution in [2.75, 3.05) is 18.9 Å². The minimum absolute atomic E-state index is 0.0122. The zero-order valence-electron chi connectivity index (χ0n) is 23.3. The molecule has 0 fully saturated rings. The van der Waals surface area contributed by atoms with Crippen molar-refractivity contribution in [3.8, 4) is 11.8 Å². The van der Waals surface area contributed by atoms with Crippen LogP contribution in [0, 0.1) is 11.3 Å². The summed E-state index contributed by atoms with van der Waals surface area (Å²) in [5.74, 6) is 0.764. The first-order valence-corrected chi connectivity index (χ1v) is 16.8. The van der Waals surface area contributed by atoms with E-state index in [4.69, 9.17) is 24.8 Å². The van der Waals surface area contributed by atoms with Gasteiger partial charge in [0, 0.05) is 23.3 Å². The second-order valence-electron chi connectivity index (χ2n) is 10.8. The number of rotatable bonds is 16. The lowest BCUT2D eigenvalue weighted by atomic mass is 10.1. The number of hydrogen-bond acceptors (Lipinski definition) is 7. The van der Waals surface area contributed by atoms with Crippen LogP contribution in [0.3, 0.4) is 0 Å². The molecule has 1 aromatic rings. The average molecular weight is 526 g/mol. The maximum Gasteiger partial charge on any atom is 0.259 e. The summed E-state index contributed by atoms with van der Waals surface area (Å²) in [5, 5.41) is 8.91. The molecule has 0 amide bonds. The number of hydrogen-bond donors (Lipinski definition) is 2. The predicted molar refractivity (Wildman–Crippen MR) is 149 cm³/mol. The molecule has 0 saturated carbocycles. The lowest BCUT2D eigenvalue weighted by Gasteiger charge is -2.37. The van der Waals surface area contributed by atoms with Crippen molar-refractivity contribution in [3.05, 3.63) is 23.8 Å². The van der Waals surface area contributed by atoms with Crippen LogP contribution in [0.15, 0.2) is 18.2 Å². The Labute approximate surface area is 216 Å². The van der Waals surface area contributed by atoms with Gasteiger partial charge in [0.2, 0.25) is 0 Å². The van der Waals surface area contributed by atoms with Gasteiger partial charge in [-0.15, -0.1) is 0 Å². The molecule has 1 aromatic carbocycles. The van der Waals surface area contributed by atoms with Gasteiger partial charge in [0.1, 0.15) is 5.75 Å². The number of anilines is 1. The summed E-state index contributed by atoms with van der Waals surface area (Å²) in [6, 6.07) is 8.28. The molecular weight excluding hydrogens is 477 g/mol. The van der Waals surface area contributed by atoms with Gasteiger partial charge in [-0.2, -0.15) is 5.26 Å². The maximum atomic E-state index is 10.5. The van der Waals surface area contributed by atoms with Gasteiger partial charge in [0.15, 0.2) is 8.32 Å². The van der Waals surface area contributed by atoms with Crippen LogP contribution in [0.4, 0.5) is 5.69 Å². The minimum atomic E-state index is -2.18. The second kappa shape index (κ2) is 14.5. The lowest BCUT2D eigenvalue weighted by Crippen LogP contribution is -2.38. The molecule has 0 bridgehead atoms. The third-order valence-electron chi connectivity index (χ3n) is 6.53. The standard InChI is InChI=1S/C26H48N3O4PSi/c1-20(2)29(21(3)4)34(32-18-12-16-27)33-22(5)24-19-23(13-14-25(24)28)31-17-11-10-15-26(6,7)35(8,9)30/h13-14,19-22,30H,10-12,15,17-18,28H2,1-9H3. The zero-order chi connectivity index (χ0) is 26.8. The highest BCUT2D eigenvalue weighted by atomic mass is 31.2.